The smallest absolute Gasteiger partial charge is 0.272 e. The molecule has 49 heavy (non-hydrogen) atoms. The van der Waals surface area contributed by atoms with Gasteiger partial charge in [0, 0.05) is 21.8 Å². The fourth-order valence-electron chi connectivity index (χ4n) is 4.95. The molecule has 0 bridgehead atoms. The van der Waals surface area contributed by atoms with Crippen molar-refractivity contribution in [2.24, 2.45) is 0 Å². The van der Waals surface area contributed by atoms with Gasteiger partial charge in [-0.25, -0.2) is 0 Å². The standard InChI is InChI=1S/C41H39N3O4S/c1-4-48-35-23-19-33(20-24-35)43-41(47)38(31-11-7-5-8-12-31)49-36-25-21-34(22-26-36)42-40(46)37(44-39(45)32-13-9-6-10-14-32)27-29-15-17-30(18-16-29)28(2)3/h5-28,38H,4H2,1-3H3,(H,42,46)(H,43,47)(H,44,45)/b37-27-. The van der Waals surface area contributed by atoms with E-state index in [-0.39, 0.29) is 17.5 Å². The average Bonchev–Trinajstić information content (AvgIpc) is 3.12. The van der Waals surface area contributed by atoms with Gasteiger partial charge in [0.2, 0.25) is 5.91 Å². The van der Waals surface area contributed by atoms with Crippen molar-refractivity contribution in [2.45, 2.75) is 36.8 Å². The van der Waals surface area contributed by atoms with Crippen LogP contribution in [-0.4, -0.2) is 24.3 Å². The third-order valence-electron chi connectivity index (χ3n) is 7.58. The first-order valence-electron chi connectivity index (χ1n) is 16.1. The topological polar surface area (TPSA) is 96.5 Å². The summed E-state index contributed by atoms with van der Waals surface area (Å²) in [7, 11) is 0. The van der Waals surface area contributed by atoms with Crippen molar-refractivity contribution in [3.8, 4) is 5.75 Å². The lowest BCUT2D eigenvalue weighted by Crippen LogP contribution is -2.30. The monoisotopic (exact) mass is 669 g/mol. The fourth-order valence-corrected chi connectivity index (χ4v) is 5.97. The summed E-state index contributed by atoms with van der Waals surface area (Å²) in [5, 5.41) is 8.19. The number of benzene rings is 5. The van der Waals surface area contributed by atoms with Crippen LogP contribution in [0.15, 0.2) is 144 Å². The van der Waals surface area contributed by atoms with E-state index in [4.69, 9.17) is 4.74 Å². The minimum absolute atomic E-state index is 0.111. The molecule has 0 fully saturated rings. The predicted molar refractivity (Wildman–Crippen MR) is 199 cm³/mol. The van der Waals surface area contributed by atoms with E-state index in [9.17, 15) is 14.4 Å². The molecule has 1 atom stereocenters. The number of hydrogen-bond donors (Lipinski definition) is 3. The summed E-state index contributed by atoms with van der Waals surface area (Å²) in [4.78, 5) is 41.0. The molecule has 0 aliphatic rings. The molecular formula is C41H39N3O4S. The first kappa shape index (κ1) is 34.7. The maximum atomic E-state index is 13.6. The SMILES string of the molecule is CCOc1ccc(NC(=O)C(Sc2ccc(NC(=O)/C(=C/c3ccc(C(C)C)cc3)NC(=O)c3ccccc3)cc2)c2ccccc2)cc1. The quantitative estimate of drug-likeness (QED) is 0.0859. The third-order valence-corrected chi connectivity index (χ3v) is 8.85. The molecule has 0 saturated carbocycles. The number of nitrogens with one attached hydrogen (secondary N) is 3. The highest BCUT2D eigenvalue weighted by atomic mass is 32.2. The molecule has 0 saturated heterocycles. The van der Waals surface area contributed by atoms with Crippen LogP contribution in [0, 0.1) is 0 Å². The highest BCUT2D eigenvalue weighted by Crippen LogP contribution is 2.37. The Bertz CT molecular complexity index is 1870. The normalized spacial score (nSPS) is 11.8. The Morgan fingerprint density at radius 2 is 1.29 bits per heavy atom. The van der Waals surface area contributed by atoms with Gasteiger partial charge in [-0.05, 0) is 96.3 Å². The van der Waals surface area contributed by atoms with Gasteiger partial charge in [0.25, 0.3) is 11.8 Å². The molecule has 0 spiro atoms. The van der Waals surface area contributed by atoms with Gasteiger partial charge in [0.05, 0.1) is 6.61 Å². The van der Waals surface area contributed by atoms with Crippen LogP contribution in [0.25, 0.3) is 6.08 Å². The molecule has 3 amide bonds. The van der Waals surface area contributed by atoms with E-state index in [1.807, 2.05) is 104 Å². The Hall–Kier alpha value is -5.60. The van der Waals surface area contributed by atoms with Crippen LogP contribution >= 0.6 is 11.8 Å². The second-order valence-corrected chi connectivity index (χ2v) is 12.7. The molecule has 5 aromatic carbocycles. The van der Waals surface area contributed by atoms with Gasteiger partial charge in [-0.2, -0.15) is 0 Å². The van der Waals surface area contributed by atoms with Crippen molar-refractivity contribution in [3.05, 3.63) is 161 Å². The molecular weight excluding hydrogens is 631 g/mol. The average molecular weight is 670 g/mol. The van der Waals surface area contributed by atoms with E-state index in [1.54, 1.807) is 42.5 Å². The Morgan fingerprint density at radius 3 is 1.90 bits per heavy atom. The van der Waals surface area contributed by atoms with Crippen molar-refractivity contribution >= 4 is 46.9 Å². The molecule has 5 aromatic rings. The van der Waals surface area contributed by atoms with Crippen LogP contribution in [-0.2, 0) is 9.59 Å². The molecule has 0 aliphatic carbocycles. The minimum atomic E-state index is -0.530. The number of anilines is 2. The zero-order chi connectivity index (χ0) is 34.6. The lowest BCUT2D eigenvalue weighted by molar-refractivity contribution is -0.116. The molecule has 0 aromatic heterocycles. The fraction of sp³-hybridized carbons (Fsp3) is 0.146. The van der Waals surface area contributed by atoms with Crippen molar-refractivity contribution < 1.29 is 19.1 Å². The molecule has 3 N–H and O–H groups in total. The van der Waals surface area contributed by atoms with E-state index in [2.05, 4.69) is 29.8 Å². The Kier molecular flexibility index (Phi) is 12.0. The maximum absolute atomic E-state index is 13.6. The van der Waals surface area contributed by atoms with Crippen molar-refractivity contribution in [1.29, 1.82) is 0 Å². The van der Waals surface area contributed by atoms with Crippen molar-refractivity contribution in [1.82, 2.24) is 5.32 Å². The zero-order valence-electron chi connectivity index (χ0n) is 27.7. The lowest BCUT2D eigenvalue weighted by Gasteiger charge is -2.18. The second kappa shape index (κ2) is 17.0. The van der Waals surface area contributed by atoms with Gasteiger partial charge in [-0.15, -0.1) is 11.8 Å². The minimum Gasteiger partial charge on any atom is -0.494 e. The van der Waals surface area contributed by atoms with Crippen LogP contribution in [0.5, 0.6) is 5.75 Å². The van der Waals surface area contributed by atoms with Crippen LogP contribution in [0.1, 0.15) is 59.0 Å². The summed E-state index contributed by atoms with van der Waals surface area (Å²) < 4.78 is 5.52. The number of hydrogen-bond acceptors (Lipinski definition) is 5. The summed E-state index contributed by atoms with van der Waals surface area (Å²) in [6.45, 7) is 6.73. The third kappa shape index (κ3) is 9.95. The number of amides is 3. The van der Waals surface area contributed by atoms with E-state index in [0.29, 0.717) is 29.5 Å². The van der Waals surface area contributed by atoms with Crippen LogP contribution in [0.2, 0.25) is 0 Å². The number of carbonyl (C=O) groups is 3. The summed E-state index contributed by atoms with van der Waals surface area (Å²) in [6.07, 6.45) is 1.66. The highest BCUT2D eigenvalue weighted by molar-refractivity contribution is 8.00. The zero-order valence-corrected chi connectivity index (χ0v) is 28.5. The summed E-state index contributed by atoms with van der Waals surface area (Å²) in [5.41, 5.74) is 4.59. The number of rotatable bonds is 13. The van der Waals surface area contributed by atoms with Gasteiger partial charge in [0.15, 0.2) is 0 Å². The van der Waals surface area contributed by atoms with Crippen LogP contribution in [0.3, 0.4) is 0 Å². The molecule has 248 valence electrons. The van der Waals surface area contributed by atoms with Gasteiger partial charge < -0.3 is 20.7 Å². The van der Waals surface area contributed by atoms with Gasteiger partial charge >= 0.3 is 0 Å². The Balaban J connectivity index is 1.31. The van der Waals surface area contributed by atoms with E-state index in [1.165, 1.54) is 17.3 Å². The highest BCUT2D eigenvalue weighted by Gasteiger charge is 2.23. The van der Waals surface area contributed by atoms with E-state index < -0.39 is 11.2 Å². The first-order chi connectivity index (χ1) is 23.8. The largest absolute Gasteiger partial charge is 0.494 e. The predicted octanol–water partition coefficient (Wildman–Crippen LogP) is 9.09. The summed E-state index contributed by atoms with van der Waals surface area (Å²) in [6, 6.07) is 40.8. The van der Waals surface area contributed by atoms with Gasteiger partial charge in [-0.3, -0.25) is 14.4 Å². The van der Waals surface area contributed by atoms with Crippen molar-refractivity contribution in [3.63, 3.8) is 0 Å². The Labute approximate surface area is 291 Å². The molecule has 8 heteroatoms. The number of ether oxygens (including phenoxy) is 1. The first-order valence-corrected chi connectivity index (χ1v) is 17.0. The van der Waals surface area contributed by atoms with Gasteiger partial charge in [0.1, 0.15) is 16.7 Å². The molecule has 0 heterocycles. The van der Waals surface area contributed by atoms with E-state index >= 15 is 0 Å². The van der Waals surface area contributed by atoms with Crippen LogP contribution in [0.4, 0.5) is 11.4 Å². The molecule has 0 aliphatic heterocycles. The van der Waals surface area contributed by atoms with Crippen LogP contribution < -0.4 is 20.7 Å². The second-order valence-electron chi connectivity index (χ2n) is 11.5. The molecule has 1 unspecified atom stereocenters. The summed E-state index contributed by atoms with van der Waals surface area (Å²) >= 11 is 1.41. The summed E-state index contributed by atoms with van der Waals surface area (Å²) in [5.74, 6) is 0.0964. The lowest BCUT2D eigenvalue weighted by atomic mass is 10.0. The number of thioether (sulfide) groups is 1. The van der Waals surface area contributed by atoms with Gasteiger partial charge in [-0.1, -0.05) is 86.6 Å². The maximum Gasteiger partial charge on any atom is 0.272 e. The number of carbonyl (C=O) groups excluding carboxylic acids is 3. The molecule has 7 nitrogen and oxygen atoms in total. The van der Waals surface area contributed by atoms with Crippen molar-refractivity contribution in [2.75, 3.05) is 17.2 Å². The van der Waals surface area contributed by atoms with E-state index in [0.717, 1.165) is 21.8 Å². The molecule has 0 radical (unpaired) electrons. The molecule has 5 rings (SSSR count). The Morgan fingerprint density at radius 1 is 0.694 bits per heavy atom.